The van der Waals surface area contributed by atoms with Gasteiger partial charge in [0.2, 0.25) is 5.89 Å². The van der Waals surface area contributed by atoms with E-state index in [0.29, 0.717) is 0 Å². The van der Waals surface area contributed by atoms with Crippen LogP contribution in [0.5, 0.6) is 0 Å². The van der Waals surface area contributed by atoms with E-state index in [4.69, 9.17) is 4.42 Å². The number of aromatic nitrogens is 1. The first kappa shape index (κ1) is 11.1. The normalized spacial score (nSPS) is 14.4. The summed E-state index contributed by atoms with van der Waals surface area (Å²) in [6, 6.07) is 8.44. The number of fused-ring (bicyclic) bond motifs is 1. The topological polar surface area (TPSA) is 29.3 Å². The molecule has 1 aromatic heterocycles. The number of benzene rings is 1. The summed E-state index contributed by atoms with van der Waals surface area (Å²) in [5, 5.41) is 0. The van der Waals surface area contributed by atoms with E-state index in [-0.39, 0.29) is 0 Å². The fourth-order valence-corrected chi connectivity index (χ4v) is 2.28. The maximum Gasteiger partial charge on any atom is 0.213 e. The maximum absolute atomic E-state index is 5.57. The van der Waals surface area contributed by atoms with Crippen molar-refractivity contribution in [3.05, 3.63) is 53.8 Å². The van der Waals surface area contributed by atoms with Crippen LogP contribution in [0.3, 0.4) is 0 Å². The van der Waals surface area contributed by atoms with Crippen molar-refractivity contribution in [3.8, 4) is 0 Å². The smallest absolute Gasteiger partial charge is 0.213 e. The average Bonchev–Trinajstić information content (AvgIpc) is 2.68. The molecule has 0 fully saturated rings. The Morgan fingerprint density at radius 3 is 3.06 bits per heavy atom. The number of hydrogen-bond donors (Lipinski definition) is 0. The molecule has 0 radical (unpaired) electrons. The zero-order valence-electron chi connectivity index (χ0n) is 10.5. The van der Waals surface area contributed by atoms with Crippen molar-refractivity contribution in [2.24, 2.45) is 0 Å². The van der Waals surface area contributed by atoms with Gasteiger partial charge in [-0.25, -0.2) is 4.98 Å². The van der Waals surface area contributed by atoms with E-state index in [1.165, 1.54) is 11.3 Å². The highest BCUT2D eigenvalue weighted by molar-refractivity contribution is 5.68. The highest BCUT2D eigenvalue weighted by Crippen LogP contribution is 2.26. The Morgan fingerprint density at radius 1 is 1.33 bits per heavy atom. The minimum atomic E-state index is 0.729. The van der Waals surface area contributed by atoms with Gasteiger partial charge in [-0.2, -0.15) is 0 Å². The molecule has 92 valence electrons. The van der Waals surface area contributed by atoms with Gasteiger partial charge in [-0.05, 0) is 25.0 Å². The van der Waals surface area contributed by atoms with Crippen LogP contribution in [-0.2, 0) is 6.54 Å². The third-order valence-electron chi connectivity index (χ3n) is 3.14. The van der Waals surface area contributed by atoms with Crippen molar-refractivity contribution in [2.75, 3.05) is 11.4 Å². The summed E-state index contributed by atoms with van der Waals surface area (Å²) in [4.78, 5) is 6.60. The fourth-order valence-electron chi connectivity index (χ4n) is 2.28. The van der Waals surface area contributed by atoms with E-state index in [1.807, 2.05) is 6.92 Å². The van der Waals surface area contributed by atoms with Crippen LogP contribution in [0.2, 0.25) is 0 Å². The summed E-state index contributed by atoms with van der Waals surface area (Å²) >= 11 is 0. The number of oxazole rings is 1. The third kappa shape index (κ3) is 2.16. The lowest BCUT2D eigenvalue weighted by Crippen LogP contribution is -2.23. The second kappa shape index (κ2) is 4.69. The van der Waals surface area contributed by atoms with Crippen molar-refractivity contribution >= 4 is 11.8 Å². The van der Waals surface area contributed by atoms with Gasteiger partial charge in [-0.3, -0.25) is 0 Å². The molecule has 0 atom stereocenters. The van der Waals surface area contributed by atoms with Gasteiger partial charge in [-0.1, -0.05) is 30.4 Å². The van der Waals surface area contributed by atoms with Crippen LogP contribution in [0.4, 0.5) is 5.69 Å². The summed E-state index contributed by atoms with van der Waals surface area (Å²) in [6.45, 7) is 3.65. The van der Waals surface area contributed by atoms with Crippen LogP contribution < -0.4 is 4.90 Å². The summed E-state index contributed by atoms with van der Waals surface area (Å²) in [6.07, 6.45) is 7.24. The van der Waals surface area contributed by atoms with Crippen molar-refractivity contribution in [3.63, 3.8) is 0 Å². The lowest BCUT2D eigenvalue weighted by atomic mass is 10.1. The van der Waals surface area contributed by atoms with Crippen LogP contribution in [-0.4, -0.2) is 11.5 Å². The minimum absolute atomic E-state index is 0.729. The molecule has 1 aliphatic heterocycles. The second-order valence-electron chi connectivity index (χ2n) is 4.54. The first-order chi connectivity index (χ1) is 8.83. The van der Waals surface area contributed by atoms with Gasteiger partial charge in [0.05, 0.1) is 12.7 Å². The van der Waals surface area contributed by atoms with E-state index < -0.39 is 0 Å². The van der Waals surface area contributed by atoms with Crippen LogP contribution in [0.25, 0.3) is 6.08 Å². The Labute approximate surface area is 107 Å². The zero-order chi connectivity index (χ0) is 12.4. The molecule has 0 N–H and O–H groups in total. The number of rotatable bonds is 2. The number of para-hydroxylation sites is 1. The highest BCUT2D eigenvalue weighted by Gasteiger charge is 2.14. The van der Waals surface area contributed by atoms with Gasteiger partial charge >= 0.3 is 0 Å². The molecule has 3 rings (SSSR count). The molecule has 3 heteroatoms. The Morgan fingerprint density at radius 2 is 2.22 bits per heavy atom. The molecule has 0 spiro atoms. The predicted molar refractivity (Wildman–Crippen MR) is 72.4 cm³/mol. The van der Waals surface area contributed by atoms with Gasteiger partial charge in [-0.15, -0.1) is 0 Å². The van der Waals surface area contributed by atoms with Gasteiger partial charge in [0.1, 0.15) is 5.76 Å². The van der Waals surface area contributed by atoms with E-state index in [9.17, 15) is 0 Å². The Hall–Kier alpha value is -2.03. The first-order valence-electron chi connectivity index (χ1n) is 6.25. The number of anilines is 1. The SMILES string of the molecule is Cc1cnc(CN2CCC=Cc3ccccc32)o1. The van der Waals surface area contributed by atoms with Crippen LogP contribution in [0, 0.1) is 6.92 Å². The molecule has 0 bridgehead atoms. The van der Waals surface area contributed by atoms with Gasteiger partial charge in [0, 0.05) is 12.2 Å². The van der Waals surface area contributed by atoms with E-state index in [2.05, 4.69) is 46.3 Å². The van der Waals surface area contributed by atoms with Crippen LogP contribution >= 0.6 is 0 Å². The molecular weight excluding hydrogens is 224 g/mol. The summed E-state index contributed by atoms with van der Waals surface area (Å²) < 4.78 is 5.57. The predicted octanol–water partition coefficient (Wildman–Crippen LogP) is 3.41. The summed E-state index contributed by atoms with van der Waals surface area (Å²) in [7, 11) is 0. The largest absolute Gasteiger partial charge is 0.444 e. The molecule has 2 heterocycles. The van der Waals surface area contributed by atoms with Gasteiger partial charge in [0.25, 0.3) is 0 Å². The molecule has 2 aromatic rings. The molecule has 0 amide bonds. The van der Waals surface area contributed by atoms with Crippen molar-refractivity contribution in [2.45, 2.75) is 19.9 Å². The van der Waals surface area contributed by atoms with E-state index >= 15 is 0 Å². The molecular formula is C15H16N2O. The molecule has 0 saturated carbocycles. The number of hydrogen-bond acceptors (Lipinski definition) is 3. The van der Waals surface area contributed by atoms with E-state index in [0.717, 1.165) is 31.2 Å². The van der Waals surface area contributed by atoms with Gasteiger partial charge in [0.15, 0.2) is 0 Å². The minimum Gasteiger partial charge on any atom is -0.444 e. The highest BCUT2D eigenvalue weighted by atomic mass is 16.4. The second-order valence-corrected chi connectivity index (χ2v) is 4.54. The first-order valence-corrected chi connectivity index (χ1v) is 6.25. The van der Waals surface area contributed by atoms with Crippen molar-refractivity contribution in [1.29, 1.82) is 0 Å². The molecule has 3 nitrogen and oxygen atoms in total. The third-order valence-corrected chi connectivity index (χ3v) is 3.14. The number of nitrogens with zero attached hydrogens (tertiary/aromatic N) is 2. The maximum atomic E-state index is 5.57. The lowest BCUT2D eigenvalue weighted by Gasteiger charge is -2.23. The molecule has 0 saturated heterocycles. The average molecular weight is 240 g/mol. The lowest BCUT2D eigenvalue weighted by molar-refractivity contribution is 0.465. The zero-order valence-corrected chi connectivity index (χ0v) is 10.5. The molecule has 0 aliphatic carbocycles. The molecule has 1 aliphatic rings. The monoisotopic (exact) mass is 240 g/mol. The standard InChI is InChI=1S/C15H16N2O/c1-12-10-16-15(18-12)11-17-9-5-4-7-13-6-2-3-8-14(13)17/h2-4,6-8,10H,5,9,11H2,1H3. The Kier molecular flexibility index (Phi) is 2.89. The molecule has 1 aromatic carbocycles. The number of aryl methyl sites for hydroxylation is 1. The molecule has 18 heavy (non-hydrogen) atoms. The van der Waals surface area contributed by atoms with Crippen LogP contribution in [0.1, 0.15) is 23.6 Å². The fraction of sp³-hybridized carbons (Fsp3) is 0.267. The van der Waals surface area contributed by atoms with Crippen LogP contribution in [0.15, 0.2) is 41.0 Å². The van der Waals surface area contributed by atoms with Crippen molar-refractivity contribution < 1.29 is 4.42 Å². The van der Waals surface area contributed by atoms with E-state index in [1.54, 1.807) is 6.20 Å². The Bertz CT molecular complexity index is 571. The summed E-state index contributed by atoms with van der Waals surface area (Å²) in [5.41, 5.74) is 2.51. The molecule has 0 unspecified atom stereocenters. The summed E-state index contributed by atoms with van der Waals surface area (Å²) in [5.74, 6) is 1.65. The quantitative estimate of drug-likeness (QED) is 0.805. The Balaban J connectivity index is 1.89. The van der Waals surface area contributed by atoms with Crippen molar-refractivity contribution in [1.82, 2.24) is 4.98 Å². The van der Waals surface area contributed by atoms with Gasteiger partial charge < -0.3 is 9.32 Å².